The molecular weight excluding hydrogens is 208 g/mol. The van der Waals surface area contributed by atoms with Crippen molar-refractivity contribution in [3.05, 3.63) is 23.3 Å². The second kappa shape index (κ2) is 4.97. The van der Waals surface area contributed by atoms with E-state index in [4.69, 9.17) is 0 Å². The van der Waals surface area contributed by atoms with E-state index in [0.717, 1.165) is 0 Å². The molecule has 0 amide bonds. The van der Waals surface area contributed by atoms with E-state index < -0.39 is 0 Å². The maximum atomic E-state index is 10.6. The molecule has 0 heterocycles. The first-order valence-electron chi connectivity index (χ1n) is 6.73. The molecule has 1 nitrogen and oxygen atoms in total. The van der Waals surface area contributed by atoms with Crippen molar-refractivity contribution in [3.8, 4) is 0 Å². The van der Waals surface area contributed by atoms with E-state index in [0.29, 0.717) is 11.8 Å². The van der Waals surface area contributed by atoms with E-state index in [9.17, 15) is 5.11 Å². The molecule has 0 fully saturated rings. The van der Waals surface area contributed by atoms with Crippen LogP contribution in [0.1, 0.15) is 48.5 Å². The van der Waals surface area contributed by atoms with Gasteiger partial charge in [0.2, 0.25) is 0 Å². The van der Waals surface area contributed by atoms with Crippen molar-refractivity contribution < 1.29 is 5.11 Å². The van der Waals surface area contributed by atoms with Crippen LogP contribution in [-0.4, -0.2) is 11.2 Å². The van der Waals surface area contributed by atoms with Crippen molar-refractivity contribution in [3.63, 3.8) is 0 Å². The number of hydrogen-bond donors (Lipinski definition) is 1. The molecule has 0 radical (unpaired) electrons. The molecule has 98 valence electrons. The summed E-state index contributed by atoms with van der Waals surface area (Å²) >= 11 is 0. The molecule has 0 spiro atoms. The van der Waals surface area contributed by atoms with Gasteiger partial charge in [-0.25, -0.2) is 0 Å². The van der Waals surface area contributed by atoms with E-state index in [1.807, 2.05) is 0 Å². The van der Waals surface area contributed by atoms with Gasteiger partial charge in [-0.2, -0.15) is 0 Å². The van der Waals surface area contributed by atoms with Gasteiger partial charge >= 0.3 is 0 Å². The van der Waals surface area contributed by atoms with Gasteiger partial charge in [-0.05, 0) is 29.7 Å². The van der Waals surface area contributed by atoms with E-state index in [1.54, 1.807) is 0 Å². The van der Waals surface area contributed by atoms with Gasteiger partial charge in [0.15, 0.2) is 0 Å². The highest BCUT2D eigenvalue weighted by molar-refractivity contribution is 5.34. The molecule has 0 aromatic carbocycles. The minimum Gasteiger partial charge on any atom is -0.388 e. The molecule has 17 heavy (non-hydrogen) atoms. The summed E-state index contributed by atoms with van der Waals surface area (Å²) in [4.78, 5) is 0. The van der Waals surface area contributed by atoms with Crippen LogP contribution in [-0.2, 0) is 0 Å². The van der Waals surface area contributed by atoms with Crippen LogP contribution in [0, 0.1) is 23.2 Å². The second-order valence-electron chi connectivity index (χ2n) is 6.89. The van der Waals surface area contributed by atoms with E-state index in [2.05, 4.69) is 60.6 Å². The summed E-state index contributed by atoms with van der Waals surface area (Å²) in [5, 5.41) is 10.6. The standard InChI is InChI=1S/C16H28O/c1-10(2)12(4)13-8-11(3)9-14(15(13)17)16(5,6)7/h8-10,12-13,15,17H,1-7H3. The largest absolute Gasteiger partial charge is 0.388 e. The molecule has 0 saturated heterocycles. The van der Waals surface area contributed by atoms with Crippen LogP contribution in [0.4, 0.5) is 0 Å². The first kappa shape index (κ1) is 14.5. The number of hydrogen-bond acceptors (Lipinski definition) is 1. The van der Waals surface area contributed by atoms with Crippen LogP contribution in [0.2, 0.25) is 0 Å². The molecule has 1 heteroatoms. The Morgan fingerprint density at radius 3 is 2.12 bits per heavy atom. The van der Waals surface area contributed by atoms with E-state index >= 15 is 0 Å². The average molecular weight is 236 g/mol. The maximum absolute atomic E-state index is 10.6. The van der Waals surface area contributed by atoms with Crippen molar-refractivity contribution in [2.24, 2.45) is 23.2 Å². The molecule has 1 N–H and O–H groups in total. The zero-order valence-electron chi connectivity index (χ0n) is 12.4. The summed E-state index contributed by atoms with van der Waals surface area (Å²) in [6.45, 7) is 15.4. The molecule has 0 aliphatic heterocycles. The SMILES string of the molecule is CC1=CC(C(C)C(C)C)C(O)C(C(C)(C)C)=C1. The summed E-state index contributed by atoms with van der Waals surface area (Å²) in [7, 11) is 0. The summed E-state index contributed by atoms with van der Waals surface area (Å²) in [5.41, 5.74) is 2.51. The van der Waals surface area contributed by atoms with Crippen LogP contribution in [0.15, 0.2) is 23.3 Å². The molecule has 1 aliphatic rings. The predicted octanol–water partition coefficient (Wildman–Crippen LogP) is 4.19. The van der Waals surface area contributed by atoms with Crippen molar-refractivity contribution in [1.29, 1.82) is 0 Å². The summed E-state index contributed by atoms with van der Waals surface area (Å²) in [6.07, 6.45) is 4.08. The molecule has 1 rings (SSSR count). The van der Waals surface area contributed by atoms with Gasteiger partial charge in [0.1, 0.15) is 0 Å². The van der Waals surface area contributed by atoms with Crippen LogP contribution in [0.5, 0.6) is 0 Å². The average Bonchev–Trinajstić information content (AvgIpc) is 2.18. The quantitative estimate of drug-likeness (QED) is 0.762. The highest BCUT2D eigenvalue weighted by atomic mass is 16.3. The lowest BCUT2D eigenvalue weighted by atomic mass is 9.70. The fraction of sp³-hybridized carbons (Fsp3) is 0.750. The number of rotatable bonds is 2. The predicted molar refractivity (Wildman–Crippen MR) is 74.8 cm³/mol. The lowest BCUT2D eigenvalue weighted by Gasteiger charge is -2.38. The van der Waals surface area contributed by atoms with Crippen molar-refractivity contribution in [2.75, 3.05) is 0 Å². The van der Waals surface area contributed by atoms with Crippen LogP contribution in [0.25, 0.3) is 0 Å². The lowest BCUT2D eigenvalue weighted by Crippen LogP contribution is -2.35. The number of aliphatic hydroxyl groups excluding tert-OH is 1. The van der Waals surface area contributed by atoms with Gasteiger partial charge in [-0.3, -0.25) is 0 Å². The van der Waals surface area contributed by atoms with Gasteiger partial charge in [-0.1, -0.05) is 59.3 Å². The minimum absolute atomic E-state index is 0.0455. The third-order valence-corrected chi connectivity index (χ3v) is 4.05. The number of aliphatic hydroxyl groups is 1. The normalized spacial score (nSPS) is 27.8. The minimum atomic E-state index is -0.323. The Kier molecular flexibility index (Phi) is 4.24. The first-order chi connectivity index (χ1) is 7.64. The van der Waals surface area contributed by atoms with E-state index in [1.165, 1.54) is 11.1 Å². The highest BCUT2D eigenvalue weighted by Gasteiger charge is 2.34. The molecule has 1 aliphatic carbocycles. The Balaban J connectivity index is 3.05. The summed E-state index contributed by atoms with van der Waals surface area (Å²) in [6, 6.07) is 0. The molecule has 0 aromatic rings. The summed E-state index contributed by atoms with van der Waals surface area (Å²) in [5.74, 6) is 1.36. The zero-order valence-corrected chi connectivity index (χ0v) is 12.4. The highest BCUT2D eigenvalue weighted by Crippen LogP contribution is 2.39. The third-order valence-electron chi connectivity index (χ3n) is 4.05. The fourth-order valence-electron chi connectivity index (χ4n) is 2.52. The van der Waals surface area contributed by atoms with Crippen LogP contribution < -0.4 is 0 Å². The van der Waals surface area contributed by atoms with Crippen LogP contribution in [0.3, 0.4) is 0 Å². The van der Waals surface area contributed by atoms with Gasteiger partial charge < -0.3 is 5.11 Å². The van der Waals surface area contributed by atoms with Gasteiger partial charge in [-0.15, -0.1) is 0 Å². The van der Waals surface area contributed by atoms with E-state index in [-0.39, 0.29) is 17.4 Å². The smallest absolute Gasteiger partial charge is 0.0823 e. The third kappa shape index (κ3) is 3.22. The Hall–Kier alpha value is -0.560. The summed E-state index contributed by atoms with van der Waals surface area (Å²) < 4.78 is 0. The van der Waals surface area contributed by atoms with Crippen molar-refractivity contribution >= 4 is 0 Å². The topological polar surface area (TPSA) is 20.2 Å². The van der Waals surface area contributed by atoms with Crippen molar-refractivity contribution in [2.45, 2.75) is 54.6 Å². The Morgan fingerprint density at radius 1 is 1.18 bits per heavy atom. The Morgan fingerprint density at radius 2 is 1.71 bits per heavy atom. The second-order valence-corrected chi connectivity index (χ2v) is 6.89. The van der Waals surface area contributed by atoms with Crippen LogP contribution >= 0.6 is 0 Å². The fourth-order valence-corrected chi connectivity index (χ4v) is 2.52. The van der Waals surface area contributed by atoms with Crippen molar-refractivity contribution in [1.82, 2.24) is 0 Å². The van der Waals surface area contributed by atoms with Gasteiger partial charge in [0.25, 0.3) is 0 Å². The molecule has 0 bridgehead atoms. The Labute approximate surface area is 107 Å². The lowest BCUT2D eigenvalue weighted by molar-refractivity contribution is 0.0992. The first-order valence-corrected chi connectivity index (χ1v) is 6.73. The Bertz CT molecular complexity index is 328. The molecule has 3 atom stereocenters. The zero-order chi connectivity index (χ0) is 13.4. The monoisotopic (exact) mass is 236 g/mol. The number of allylic oxidation sites excluding steroid dienone is 2. The molecule has 3 unspecified atom stereocenters. The molecule has 0 aromatic heterocycles. The molecule has 0 saturated carbocycles. The van der Waals surface area contributed by atoms with Gasteiger partial charge in [0, 0.05) is 5.92 Å². The molecular formula is C16H28O. The maximum Gasteiger partial charge on any atom is 0.0823 e. The van der Waals surface area contributed by atoms with Gasteiger partial charge in [0.05, 0.1) is 6.10 Å².